The molecule has 0 aliphatic heterocycles. The average molecular weight is 472 g/mol. The van der Waals surface area contributed by atoms with E-state index in [0.29, 0.717) is 32.0 Å². The second-order valence-electron chi connectivity index (χ2n) is 7.15. The minimum Gasteiger partial charge on any atom is -0.484 e. The number of benzene rings is 3. The monoisotopic (exact) mass is 471 g/mol. The Balaban J connectivity index is 1.47. The third kappa shape index (κ3) is 5.01. The van der Waals surface area contributed by atoms with Crippen LogP contribution in [0.4, 0.5) is 0 Å². The zero-order chi connectivity index (χ0) is 22.0. The highest BCUT2D eigenvalue weighted by Crippen LogP contribution is 2.36. The van der Waals surface area contributed by atoms with Gasteiger partial charge in [0.25, 0.3) is 5.56 Å². The first kappa shape index (κ1) is 21.6. The van der Waals surface area contributed by atoms with Crippen LogP contribution in [0.5, 0.6) is 5.75 Å². The van der Waals surface area contributed by atoms with Crippen molar-refractivity contribution in [2.45, 2.75) is 24.2 Å². The van der Waals surface area contributed by atoms with Crippen LogP contribution in [0.1, 0.15) is 16.8 Å². The van der Waals surface area contributed by atoms with Crippen LogP contribution in [-0.2, 0) is 12.4 Å². The largest absolute Gasteiger partial charge is 0.484 e. The van der Waals surface area contributed by atoms with Gasteiger partial charge < -0.3 is 9.94 Å². The van der Waals surface area contributed by atoms with Crippen molar-refractivity contribution >= 4 is 45.7 Å². The zero-order valence-corrected chi connectivity index (χ0v) is 19.0. The predicted octanol–water partition coefficient (Wildman–Crippen LogP) is 6.73. The van der Waals surface area contributed by atoms with Gasteiger partial charge in [-0.1, -0.05) is 53.5 Å². The molecule has 0 atom stereocenters. The molecule has 7 heteroatoms. The van der Waals surface area contributed by atoms with E-state index >= 15 is 0 Å². The minimum atomic E-state index is -0.517. The van der Waals surface area contributed by atoms with Gasteiger partial charge in [0.15, 0.2) is 5.75 Å². The van der Waals surface area contributed by atoms with Crippen LogP contribution >= 0.6 is 35.0 Å². The third-order valence-electron chi connectivity index (χ3n) is 4.78. The topological polar surface area (TPSA) is 51.5 Å². The molecule has 0 aliphatic carbocycles. The van der Waals surface area contributed by atoms with Crippen molar-refractivity contribution in [1.82, 2.24) is 4.73 Å². The lowest BCUT2D eigenvalue weighted by atomic mass is 10.1. The summed E-state index contributed by atoms with van der Waals surface area (Å²) in [5.74, 6) is 1.02. The number of aryl methyl sites for hydroxylation is 1. The summed E-state index contributed by atoms with van der Waals surface area (Å²) < 4.78 is 6.28. The molecule has 31 heavy (non-hydrogen) atoms. The second-order valence-corrected chi connectivity index (χ2v) is 9.01. The van der Waals surface area contributed by atoms with E-state index in [2.05, 4.69) is 30.3 Å². The standard InChI is InChI=1S/C24H19Cl2NO3S/c1-15-8-19(27(29)23(28)9-15)13-30-24-21(25)10-16(11-22(24)26)14-31-20-7-6-17-4-2-3-5-18(17)12-20/h2-12,29H,13-14H2,1H3. The van der Waals surface area contributed by atoms with Crippen LogP contribution in [0.3, 0.4) is 0 Å². The fourth-order valence-corrected chi connectivity index (χ4v) is 4.79. The molecule has 1 heterocycles. The fourth-order valence-electron chi connectivity index (χ4n) is 3.27. The van der Waals surface area contributed by atoms with Crippen molar-refractivity contribution in [1.29, 1.82) is 0 Å². The number of thioether (sulfide) groups is 1. The Labute approximate surface area is 194 Å². The summed E-state index contributed by atoms with van der Waals surface area (Å²) in [5.41, 5.74) is 1.49. The van der Waals surface area contributed by atoms with Crippen LogP contribution in [0.15, 0.2) is 76.4 Å². The quantitative estimate of drug-likeness (QED) is 0.250. The Morgan fingerprint density at radius 2 is 1.68 bits per heavy atom. The average Bonchev–Trinajstić information content (AvgIpc) is 2.74. The lowest BCUT2D eigenvalue weighted by Gasteiger charge is -2.13. The molecule has 1 N–H and O–H groups in total. The number of rotatable bonds is 6. The highest BCUT2D eigenvalue weighted by atomic mass is 35.5. The van der Waals surface area contributed by atoms with Crippen molar-refractivity contribution in [3.63, 3.8) is 0 Å². The summed E-state index contributed by atoms with van der Waals surface area (Å²) in [7, 11) is 0. The van der Waals surface area contributed by atoms with Gasteiger partial charge in [-0.3, -0.25) is 4.79 Å². The molecule has 0 aliphatic rings. The first-order valence-electron chi connectivity index (χ1n) is 9.55. The van der Waals surface area contributed by atoms with E-state index in [1.54, 1.807) is 24.8 Å². The highest BCUT2D eigenvalue weighted by Gasteiger charge is 2.13. The van der Waals surface area contributed by atoms with E-state index in [1.165, 1.54) is 16.8 Å². The molecule has 0 radical (unpaired) electrons. The predicted molar refractivity (Wildman–Crippen MR) is 127 cm³/mol. The van der Waals surface area contributed by atoms with E-state index in [1.807, 2.05) is 24.3 Å². The van der Waals surface area contributed by atoms with Crippen LogP contribution in [-0.4, -0.2) is 9.94 Å². The van der Waals surface area contributed by atoms with Crippen LogP contribution < -0.4 is 10.3 Å². The van der Waals surface area contributed by atoms with Crippen molar-refractivity contribution in [2.24, 2.45) is 0 Å². The van der Waals surface area contributed by atoms with Gasteiger partial charge >= 0.3 is 0 Å². The minimum absolute atomic E-state index is 0.0436. The van der Waals surface area contributed by atoms with Gasteiger partial charge in [0.1, 0.15) is 6.61 Å². The second kappa shape index (κ2) is 9.27. The molecular weight excluding hydrogens is 453 g/mol. The smallest absolute Gasteiger partial charge is 0.283 e. The Hall–Kier alpha value is -2.60. The summed E-state index contributed by atoms with van der Waals surface area (Å²) >= 11 is 14.5. The van der Waals surface area contributed by atoms with Gasteiger partial charge in [-0.2, -0.15) is 0 Å². The molecule has 0 saturated heterocycles. The first-order chi connectivity index (χ1) is 14.9. The molecule has 3 aromatic carbocycles. The Morgan fingerprint density at radius 3 is 2.42 bits per heavy atom. The Morgan fingerprint density at radius 1 is 0.968 bits per heavy atom. The zero-order valence-electron chi connectivity index (χ0n) is 16.6. The van der Waals surface area contributed by atoms with Gasteiger partial charge in [0.05, 0.1) is 15.7 Å². The molecule has 4 aromatic rings. The molecule has 0 amide bonds. The Bertz CT molecular complexity index is 1300. The number of nitrogens with zero attached hydrogens (tertiary/aromatic N) is 1. The molecule has 0 unspecified atom stereocenters. The summed E-state index contributed by atoms with van der Waals surface area (Å²) in [6.07, 6.45) is 0. The Kier molecular flexibility index (Phi) is 6.46. The maximum atomic E-state index is 11.7. The van der Waals surface area contributed by atoms with Crippen molar-refractivity contribution in [2.75, 3.05) is 0 Å². The molecule has 0 spiro atoms. The van der Waals surface area contributed by atoms with E-state index < -0.39 is 5.56 Å². The van der Waals surface area contributed by atoms with Crippen molar-refractivity contribution in [3.05, 3.63) is 104 Å². The first-order valence-corrected chi connectivity index (χ1v) is 11.3. The summed E-state index contributed by atoms with van der Waals surface area (Å²) in [6, 6.07) is 21.3. The fraction of sp³-hybridized carbons (Fsp3) is 0.125. The maximum absolute atomic E-state index is 11.7. The lowest BCUT2D eigenvalue weighted by molar-refractivity contribution is 0.147. The summed E-state index contributed by atoms with van der Waals surface area (Å²) in [6.45, 7) is 1.73. The summed E-state index contributed by atoms with van der Waals surface area (Å²) in [5, 5.41) is 13.0. The van der Waals surface area contributed by atoms with Crippen molar-refractivity contribution in [3.8, 4) is 5.75 Å². The van der Waals surface area contributed by atoms with Crippen LogP contribution in [0.25, 0.3) is 10.8 Å². The number of halogens is 2. The molecule has 0 bridgehead atoms. The number of fused-ring (bicyclic) bond motifs is 1. The van der Waals surface area contributed by atoms with E-state index in [9.17, 15) is 10.0 Å². The molecule has 4 nitrogen and oxygen atoms in total. The maximum Gasteiger partial charge on any atom is 0.283 e. The molecule has 0 fully saturated rings. The van der Waals surface area contributed by atoms with Gasteiger partial charge in [0, 0.05) is 16.7 Å². The number of hydrogen-bond acceptors (Lipinski definition) is 4. The highest BCUT2D eigenvalue weighted by molar-refractivity contribution is 7.98. The number of ether oxygens (including phenoxy) is 1. The van der Waals surface area contributed by atoms with E-state index in [0.717, 1.165) is 16.0 Å². The molecular formula is C24H19Cl2NO3S. The van der Waals surface area contributed by atoms with Gasteiger partial charge in [-0.25, -0.2) is 0 Å². The lowest BCUT2D eigenvalue weighted by Crippen LogP contribution is -2.22. The number of hydrogen-bond donors (Lipinski definition) is 1. The van der Waals surface area contributed by atoms with Gasteiger partial charge in [-0.05, 0) is 59.2 Å². The van der Waals surface area contributed by atoms with Crippen LogP contribution in [0, 0.1) is 6.92 Å². The number of aromatic nitrogens is 1. The normalized spacial score (nSPS) is 11.1. The number of pyridine rings is 1. The SMILES string of the molecule is Cc1cc(COc2c(Cl)cc(CSc3ccc4ccccc4c3)cc2Cl)n(O)c(=O)c1. The van der Waals surface area contributed by atoms with Crippen LogP contribution in [0.2, 0.25) is 10.0 Å². The molecule has 158 valence electrons. The third-order valence-corrected chi connectivity index (χ3v) is 6.40. The summed E-state index contributed by atoms with van der Waals surface area (Å²) in [4.78, 5) is 12.9. The van der Waals surface area contributed by atoms with E-state index in [-0.39, 0.29) is 6.61 Å². The van der Waals surface area contributed by atoms with Gasteiger partial charge in [0.2, 0.25) is 0 Å². The molecule has 0 saturated carbocycles. The molecule has 4 rings (SSSR count). The molecule has 1 aromatic heterocycles. The van der Waals surface area contributed by atoms with Gasteiger partial charge in [-0.15, -0.1) is 16.5 Å². The van der Waals surface area contributed by atoms with E-state index in [4.69, 9.17) is 27.9 Å². The van der Waals surface area contributed by atoms with Crippen molar-refractivity contribution < 1.29 is 9.94 Å².